The maximum atomic E-state index is 12.1. The van der Waals surface area contributed by atoms with Crippen molar-refractivity contribution in [3.63, 3.8) is 0 Å². The van der Waals surface area contributed by atoms with E-state index in [0.29, 0.717) is 11.0 Å². The molecule has 2 nitrogen and oxygen atoms in total. The number of ether oxygens (including phenoxy) is 1. The van der Waals surface area contributed by atoms with E-state index in [1.54, 1.807) is 11.8 Å². The van der Waals surface area contributed by atoms with Crippen molar-refractivity contribution in [2.45, 2.75) is 26.0 Å². The van der Waals surface area contributed by atoms with Gasteiger partial charge in [-0.25, -0.2) is 0 Å². The Morgan fingerprint density at radius 3 is 2.47 bits per heavy atom. The molecule has 92 valence electrons. The quantitative estimate of drug-likeness (QED) is 0.769. The summed E-state index contributed by atoms with van der Waals surface area (Å²) in [6, 6.07) is 4.12. The lowest BCUT2D eigenvalue weighted by Crippen LogP contribution is -2.31. The number of ketones is 1. The van der Waals surface area contributed by atoms with Crippen molar-refractivity contribution in [1.29, 1.82) is 0 Å². The minimum atomic E-state index is 0.238. The summed E-state index contributed by atoms with van der Waals surface area (Å²) in [5.41, 5.74) is 4.40. The first-order valence-corrected chi connectivity index (χ1v) is 6.93. The molecule has 1 aromatic carbocycles. The van der Waals surface area contributed by atoms with Crippen molar-refractivity contribution >= 4 is 17.5 Å². The average molecular weight is 250 g/mol. The Morgan fingerprint density at radius 2 is 1.88 bits per heavy atom. The Labute approximate surface area is 107 Å². The SMILES string of the molecule is Cc1cc(C)c(C(=O)CSC2COC2)cc1C. The first kappa shape index (κ1) is 12.7. The van der Waals surface area contributed by atoms with E-state index >= 15 is 0 Å². The van der Waals surface area contributed by atoms with Crippen LogP contribution < -0.4 is 0 Å². The van der Waals surface area contributed by atoms with Crippen molar-refractivity contribution in [3.8, 4) is 0 Å². The maximum Gasteiger partial charge on any atom is 0.173 e. The van der Waals surface area contributed by atoms with Crippen molar-refractivity contribution < 1.29 is 9.53 Å². The Morgan fingerprint density at radius 1 is 1.24 bits per heavy atom. The van der Waals surface area contributed by atoms with Gasteiger partial charge in [-0.1, -0.05) is 6.07 Å². The summed E-state index contributed by atoms with van der Waals surface area (Å²) in [6.07, 6.45) is 0. The van der Waals surface area contributed by atoms with E-state index in [2.05, 4.69) is 19.9 Å². The molecule has 1 fully saturated rings. The first-order valence-electron chi connectivity index (χ1n) is 5.88. The lowest BCUT2D eigenvalue weighted by molar-refractivity contribution is 0.0455. The standard InChI is InChI=1S/C14H18O2S/c1-9-4-11(3)13(5-10(9)2)14(15)8-17-12-6-16-7-12/h4-5,12H,6-8H2,1-3H3. The summed E-state index contributed by atoms with van der Waals surface area (Å²) in [4.78, 5) is 12.1. The van der Waals surface area contributed by atoms with E-state index in [1.807, 2.05) is 13.0 Å². The van der Waals surface area contributed by atoms with Crippen molar-refractivity contribution in [1.82, 2.24) is 0 Å². The van der Waals surface area contributed by atoms with Crippen LogP contribution >= 0.6 is 11.8 Å². The summed E-state index contributed by atoms with van der Waals surface area (Å²) >= 11 is 1.71. The van der Waals surface area contributed by atoms with Gasteiger partial charge in [0.25, 0.3) is 0 Å². The van der Waals surface area contributed by atoms with Crippen molar-refractivity contribution in [3.05, 3.63) is 34.4 Å². The van der Waals surface area contributed by atoms with Crippen LogP contribution in [0, 0.1) is 20.8 Å². The summed E-state index contributed by atoms with van der Waals surface area (Å²) in [5, 5.41) is 0.519. The second kappa shape index (κ2) is 5.23. The molecule has 0 N–H and O–H groups in total. The monoisotopic (exact) mass is 250 g/mol. The number of hydrogen-bond acceptors (Lipinski definition) is 3. The van der Waals surface area contributed by atoms with Gasteiger partial charge in [0, 0.05) is 5.56 Å². The van der Waals surface area contributed by atoms with Gasteiger partial charge in [0.2, 0.25) is 0 Å². The summed E-state index contributed by atoms with van der Waals surface area (Å²) in [6.45, 7) is 7.74. The zero-order valence-corrected chi connectivity index (χ0v) is 11.4. The Balaban J connectivity index is 2.04. The number of thioether (sulfide) groups is 1. The maximum absolute atomic E-state index is 12.1. The smallest absolute Gasteiger partial charge is 0.173 e. The summed E-state index contributed by atoms with van der Waals surface area (Å²) in [5.74, 6) is 0.805. The molecule has 0 atom stereocenters. The highest BCUT2D eigenvalue weighted by Gasteiger charge is 2.20. The molecule has 0 bridgehead atoms. The van der Waals surface area contributed by atoms with Crippen LogP contribution in [0.15, 0.2) is 12.1 Å². The lowest BCUT2D eigenvalue weighted by atomic mass is 9.99. The Hall–Kier alpha value is -0.800. The van der Waals surface area contributed by atoms with Crippen molar-refractivity contribution in [2.75, 3.05) is 19.0 Å². The second-order valence-corrected chi connectivity index (χ2v) is 5.93. The molecule has 1 saturated heterocycles. The number of rotatable bonds is 4. The fourth-order valence-electron chi connectivity index (χ4n) is 1.84. The molecule has 2 rings (SSSR count). The largest absolute Gasteiger partial charge is 0.379 e. The van der Waals surface area contributed by atoms with Gasteiger partial charge in [0.15, 0.2) is 5.78 Å². The molecule has 1 heterocycles. The highest BCUT2D eigenvalue weighted by atomic mass is 32.2. The average Bonchev–Trinajstić information content (AvgIpc) is 2.21. The van der Waals surface area contributed by atoms with Gasteiger partial charge in [0.05, 0.1) is 24.2 Å². The molecule has 1 aromatic rings. The van der Waals surface area contributed by atoms with E-state index in [4.69, 9.17) is 4.74 Å². The molecule has 0 spiro atoms. The second-order valence-electron chi connectivity index (χ2n) is 4.65. The van der Waals surface area contributed by atoms with Crippen LogP contribution in [0.1, 0.15) is 27.0 Å². The van der Waals surface area contributed by atoms with Crippen LogP contribution in [0.3, 0.4) is 0 Å². The topological polar surface area (TPSA) is 26.3 Å². The van der Waals surface area contributed by atoms with Crippen LogP contribution in [0.4, 0.5) is 0 Å². The molecule has 0 saturated carbocycles. The molecule has 0 radical (unpaired) electrons. The van der Waals surface area contributed by atoms with Gasteiger partial charge < -0.3 is 4.74 Å². The predicted molar refractivity (Wildman–Crippen MR) is 72.0 cm³/mol. The van der Waals surface area contributed by atoms with Gasteiger partial charge in [-0.15, -0.1) is 11.8 Å². The van der Waals surface area contributed by atoms with E-state index in [1.165, 1.54) is 11.1 Å². The van der Waals surface area contributed by atoms with Gasteiger partial charge >= 0.3 is 0 Å². The van der Waals surface area contributed by atoms with Crippen LogP contribution in [-0.2, 0) is 4.74 Å². The molecule has 0 aliphatic carbocycles. The minimum Gasteiger partial charge on any atom is -0.379 e. The number of benzene rings is 1. The van der Waals surface area contributed by atoms with Crippen LogP contribution in [0.5, 0.6) is 0 Å². The van der Waals surface area contributed by atoms with E-state index in [9.17, 15) is 4.79 Å². The van der Waals surface area contributed by atoms with Crippen LogP contribution in [0.25, 0.3) is 0 Å². The van der Waals surface area contributed by atoms with E-state index in [0.717, 1.165) is 24.3 Å². The van der Waals surface area contributed by atoms with Gasteiger partial charge in [-0.05, 0) is 43.5 Å². The van der Waals surface area contributed by atoms with E-state index < -0.39 is 0 Å². The number of aryl methyl sites for hydroxylation is 3. The molecule has 3 heteroatoms. The molecular weight excluding hydrogens is 232 g/mol. The molecule has 1 aliphatic rings. The zero-order chi connectivity index (χ0) is 12.4. The summed E-state index contributed by atoms with van der Waals surface area (Å²) in [7, 11) is 0. The van der Waals surface area contributed by atoms with E-state index in [-0.39, 0.29) is 5.78 Å². The highest BCUT2D eigenvalue weighted by molar-refractivity contribution is 8.00. The van der Waals surface area contributed by atoms with Crippen LogP contribution in [0.2, 0.25) is 0 Å². The minimum absolute atomic E-state index is 0.238. The van der Waals surface area contributed by atoms with Crippen LogP contribution in [-0.4, -0.2) is 30.0 Å². The third kappa shape index (κ3) is 2.90. The first-order chi connectivity index (χ1) is 8.08. The molecular formula is C14H18O2S. The van der Waals surface area contributed by atoms with Crippen molar-refractivity contribution in [2.24, 2.45) is 0 Å². The zero-order valence-electron chi connectivity index (χ0n) is 10.6. The number of carbonyl (C=O) groups is 1. The third-order valence-electron chi connectivity index (χ3n) is 3.20. The number of hydrogen-bond donors (Lipinski definition) is 0. The molecule has 0 unspecified atom stereocenters. The summed E-state index contributed by atoms with van der Waals surface area (Å²) < 4.78 is 5.10. The fraction of sp³-hybridized carbons (Fsp3) is 0.500. The predicted octanol–water partition coefficient (Wildman–Crippen LogP) is 2.93. The normalized spacial score (nSPS) is 15.7. The Kier molecular flexibility index (Phi) is 3.89. The molecule has 1 aliphatic heterocycles. The highest BCUT2D eigenvalue weighted by Crippen LogP contribution is 2.22. The van der Waals surface area contributed by atoms with Gasteiger partial charge in [-0.3, -0.25) is 4.79 Å². The fourth-order valence-corrected chi connectivity index (χ4v) is 2.77. The third-order valence-corrected chi connectivity index (χ3v) is 4.37. The molecule has 17 heavy (non-hydrogen) atoms. The van der Waals surface area contributed by atoms with Gasteiger partial charge in [-0.2, -0.15) is 0 Å². The molecule has 0 aromatic heterocycles. The molecule has 0 amide bonds. The Bertz CT molecular complexity index is 436. The lowest BCUT2D eigenvalue weighted by Gasteiger charge is -2.24. The number of carbonyl (C=O) groups excluding carboxylic acids is 1. The van der Waals surface area contributed by atoms with Gasteiger partial charge in [0.1, 0.15) is 0 Å². The number of Topliss-reactive ketones (excluding diaryl/α,β-unsaturated/α-hetero) is 1.